The fourth-order valence-electron chi connectivity index (χ4n) is 2.35. The number of halogens is 2. The van der Waals surface area contributed by atoms with E-state index in [0.717, 1.165) is 11.1 Å². The highest BCUT2D eigenvalue weighted by Crippen LogP contribution is 2.27. The standard InChI is InChI=1S/C17H19F2N/c1-4-20-17(13-7-5-6-11(2)10-13)14-9-8-12(3)15(18)16(14)19/h5-10,17,20H,4H2,1-3H3. The van der Waals surface area contributed by atoms with E-state index < -0.39 is 11.6 Å². The van der Waals surface area contributed by atoms with Gasteiger partial charge in [-0.05, 0) is 31.5 Å². The monoisotopic (exact) mass is 275 g/mol. The third-order valence-electron chi connectivity index (χ3n) is 3.40. The van der Waals surface area contributed by atoms with Gasteiger partial charge in [-0.1, -0.05) is 48.9 Å². The Kier molecular flexibility index (Phi) is 4.50. The van der Waals surface area contributed by atoms with Gasteiger partial charge in [0.1, 0.15) is 0 Å². The lowest BCUT2D eigenvalue weighted by atomic mass is 9.95. The maximum Gasteiger partial charge on any atom is 0.164 e. The molecule has 0 spiro atoms. The number of aryl methyl sites for hydroxylation is 2. The molecule has 0 fully saturated rings. The molecule has 2 aromatic carbocycles. The number of rotatable bonds is 4. The van der Waals surface area contributed by atoms with Crippen LogP contribution in [-0.4, -0.2) is 6.54 Å². The molecule has 20 heavy (non-hydrogen) atoms. The van der Waals surface area contributed by atoms with E-state index in [2.05, 4.69) is 5.32 Å². The van der Waals surface area contributed by atoms with Gasteiger partial charge in [-0.15, -0.1) is 0 Å². The molecule has 2 rings (SSSR count). The van der Waals surface area contributed by atoms with Gasteiger partial charge in [0.15, 0.2) is 11.6 Å². The zero-order valence-electron chi connectivity index (χ0n) is 12.0. The van der Waals surface area contributed by atoms with Crippen LogP contribution in [0.5, 0.6) is 0 Å². The van der Waals surface area contributed by atoms with E-state index in [-0.39, 0.29) is 6.04 Å². The van der Waals surface area contributed by atoms with E-state index in [4.69, 9.17) is 0 Å². The van der Waals surface area contributed by atoms with Crippen LogP contribution in [0.3, 0.4) is 0 Å². The number of nitrogens with one attached hydrogen (secondary N) is 1. The van der Waals surface area contributed by atoms with E-state index in [1.54, 1.807) is 19.1 Å². The second-order valence-electron chi connectivity index (χ2n) is 5.00. The van der Waals surface area contributed by atoms with E-state index in [0.29, 0.717) is 17.7 Å². The molecule has 1 nitrogen and oxygen atoms in total. The minimum absolute atomic E-state index is 0.325. The van der Waals surface area contributed by atoms with Crippen LogP contribution in [0, 0.1) is 25.5 Å². The van der Waals surface area contributed by atoms with Crippen molar-refractivity contribution in [3.8, 4) is 0 Å². The van der Waals surface area contributed by atoms with Gasteiger partial charge in [-0.25, -0.2) is 8.78 Å². The lowest BCUT2D eigenvalue weighted by molar-refractivity contribution is 0.478. The number of hydrogen-bond acceptors (Lipinski definition) is 1. The summed E-state index contributed by atoms with van der Waals surface area (Å²) in [5.74, 6) is -1.53. The van der Waals surface area contributed by atoms with Crippen LogP contribution in [0.15, 0.2) is 36.4 Å². The summed E-state index contributed by atoms with van der Waals surface area (Å²) >= 11 is 0. The van der Waals surface area contributed by atoms with Crippen LogP contribution in [0.4, 0.5) is 8.78 Å². The normalized spacial score (nSPS) is 12.4. The molecule has 0 aliphatic heterocycles. The molecule has 0 aliphatic carbocycles. The summed E-state index contributed by atoms with van der Waals surface area (Å²) in [6, 6.07) is 10.8. The van der Waals surface area contributed by atoms with Crippen molar-refractivity contribution in [2.75, 3.05) is 6.54 Å². The van der Waals surface area contributed by atoms with Crippen LogP contribution in [0.1, 0.15) is 35.2 Å². The third-order valence-corrected chi connectivity index (χ3v) is 3.40. The minimum atomic E-state index is -0.766. The first kappa shape index (κ1) is 14.7. The lowest BCUT2D eigenvalue weighted by Gasteiger charge is -2.20. The highest BCUT2D eigenvalue weighted by atomic mass is 19.2. The maximum absolute atomic E-state index is 14.2. The topological polar surface area (TPSA) is 12.0 Å². The molecule has 0 bridgehead atoms. The Morgan fingerprint density at radius 2 is 1.80 bits per heavy atom. The zero-order valence-corrected chi connectivity index (χ0v) is 12.0. The molecular weight excluding hydrogens is 256 g/mol. The fraction of sp³-hybridized carbons (Fsp3) is 0.294. The second-order valence-corrected chi connectivity index (χ2v) is 5.00. The van der Waals surface area contributed by atoms with Crippen molar-refractivity contribution < 1.29 is 8.78 Å². The van der Waals surface area contributed by atoms with E-state index in [1.165, 1.54) is 0 Å². The quantitative estimate of drug-likeness (QED) is 0.878. The molecule has 0 radical (unpaired) electrons. The molecule has 3 heteroatoms. The van der Waals surface area contributed by atoms with Gasteiger partial charge in [-0.2, -0.15) is 0 Å². The Morgan fingerprint density at radius 1 is 1.05 bits per heavy atom. The minimum Gasteiger partial charge on any atom is -0.306 e. The van der Waals surface area contributed by atoms with Crippen LogP contribution >= 0.6 is 0 Å². The number of benzene rings is 2. The summed E-state index contributed by atoms with van der Waals surface area (Å²) in [5, 5.41) is 3.22. The van der Waals surface area contributed by atoms with Crippen LogP contribution in [0.2, 0.25) is 0 Å². The molecule has 106 valence electrons. The highest BCUT2D eigenvalue weighted by molar-refractivity contribution is 5.36. The van der Waals surface area contributed by atoms with Crippen molar-refractivity contribution >= 4 is 0 Å². The molecule has 0 saturated heterocycles. The van der Waals surface area contributed by atoms with Gasteiger partial charge in [0.05, 0.1) is 6.04 Å². The Hall–Kier alpha value is -1.74. The first-order valence-corrected chi connectivity index (χ1v) is 6.79. The lowest BCUT2D eigenvalue weighted by Crippen LogP contribution is -2.23. The van der Waals surface area contributed by atoms with Crippen LogP contribution < -0.4 is 5.32 Å². The molecule has 0 aromatic heterocycles. The Balaban J connectivity index is 2.51. The van der Waals surface area contributed by atoms with Gasteiger partial charge >= 0.3 is 0 Å². The highest BCUT2D eigenvalue weighted by Gasteiger charge is 2.20. The molecule has 1 N–H and O–H groups in total. The summed E-state index contributed by atoms with van der Waals surface area (Å²) in [6.07, 6.45) is 0. The average molecular weight is 275 g/mol. The van der Waals surface area contributed by atoms with Crippen molar-refractivity contribution in [2.45, 2.75) is 26.8 Å². The molecule has 0 amide bonds. The van der Waals surface area contributed by atoms with Gasteiger partial charge in [0.2, 0.25) is 0 Å². The van der Waals surface area contributed by atoms with Gasteiger partial charge in [-0.3, -0.25) is 0 Å². The summed E-state index contributed by atoms with van der Waals surface area (Å²) in [7, 11) is 0. The summed E-state index contributed by atoms with van der Waals surface area (Å²) in [6.45, 7) is 6.18. The third kappa shape index (κ3) is 2.88. The molecule has 0 saturated carbocycles. The molecular formula is C17H19F2N. The largest absolute Gasteiger partial charge is 0.306 e. The Morgan fingerprint density at radius 3 is 2.45 bits per heavy atom. The van der Waals surface area contributed by atoms with Gasteiger partial charge in [0, 0.05) is 5.56 Å². The number of hydrogen-bond donors (Lipinski definition) is 1. The van der Waals surface area contributed by atoms with Gasteiger partial charge in [0.25, 0.3) is 0 Å². The Labute approximate surface area is 118 Å². The summed E-state index contributed by atoms with van der Waals surface area (Å²) in [4.78, 5) is 0. The second kappa shape index (κ2) is 6.14. The SMILES string of the molecule is CCNC(c1cccc(C)c1)c1ccc(C)c(F)c1F. The van der Waals surface area contributed by atoms with Crippen LogP contribution in [0.25, 0.3) is 0 Å². The summed E-state index contributed by atoms with van der Waals surface area (Å²) < 4.78 is 28.0. The molecule has 0 aliphatic rings. The fourth-order valence-corrected chi connectivity index (χ4v) is 2.35. The van der Waals surface area contributed by atoms with Crippen molar-refractivity contribution in [1.29, 1.82) is 0 Å². The van der Waals surface area contributed by atoms with E-state index in [9.17, 15) is 8.78 Å². The zero-order chi connectivity index (χ0) is 14.7. The smallest absolute Gasteiger partial charge is 0.164 e. The maximum atomic E-state index is 14.2. The van der Waals surface area contributed by atoms with E-state index >= 15 is 0 Å². The first-order valence-electron chi connectivity index (χ1n) is 6.79. The van der Waals surface area contributed by atoms with Crippen molar-refractivity contribution in [3.63, 3.8) is 0 Å². The van der Waals surface area contributed by atoms with Crippen molar-refractivity contribution in [3.05, 3.63) is 70.3 Å². The first-order chi connectivity index (χ1) is 9.54. The molecule has 1 unspecified atom stereocenters. The predicted molar refractivity (Wildman–Crippen MR) is 77.8 cm³/mol. The van der Waals surface area contributed by atoms with Crippen molar-refractivity contribution in [1.82, 2.24) is 5.32 Å². The van der Waals surface area contributed by atoms with Gasteiger partial charge < -0.3 is 5.32 Å². The molecule has 0 heterocycles. The summed E-state index contributed by atoms with van der Waals surface area (Å²) in [5.41, 5.74) is 2.71. The molecule has 2 aromatic rings. The predicted octanol–water partition coefficient (Wildman–Crippen LogP) is 4.28. The Bertz CT molecular complexity index is 608. The van der Waals surface area contributed by atoms with Crippen LogP contribution in [-0.2, 0) is 0 Å². The molecule has 1 atom stereocenters. The van der Waals surface area contributed by atoms with E-state index in [1.807, 2.05) is 38.1 Å². The average Bonchev–Trinajstić information content (AvgIpc) is 2.43. The van der Waals surface area contributed by atoms with Crippen molar-refractivity contribution in [2.24, 2.45) is 0 Å².